The molecule has 1 rings (SSSR count). The van der Waals surface area contributed by atoms with Crippen LogP contribution in [0.1, 0.15) is 0 Å². The second-order valence-electron chi connectivity index (χ2n) is 2.98. The van der Waals surface area contributed by atoms with E-state index in [-0.39, 0.29) is 24.5 Å². The van der Waals surface area contributed by atoms with E-state index in [0.717, 1.165) is 0 Å². The molecular weight excluding hydrogens is 240 g/mol. The topological polar surface area (TPSA) is 86.7 Å². The molecule has 0 aliphatic rings. The van der Waals surface area contributed by atoms with E-state index >= 15 is 0 Å². The zero-order valence-electron chi connectivity index (χ0n) is 10.4. The summed E-state index contributed by atoms with van der Waals surface area (Å²) < 4.78 is 14.4. The summed E-state index contributed by atoms with van der Waals surface area (Å²) in [6.45, 7) is 3.73. The summed E-state index contributed by atoms with van der Waals surface area (Å²) in [6, 6.07) is 0.0737. The number of carbonyl (C=O) groups excluding carboxylic acids is 1. The lowest BCUT2D eigenvalue weighted by atomic mass is 10.5. The Bertz CT molecular complexity index is 416. The Morgan fingerprint density at radius 3 is 2.17 bits per heavy atom. The van der Waals surface area contributed by atoms with Crippen molar-refractivity contribution < 1.29 is 19.0 Å². The molecule has 0 N–H and O–H groups in total. The quantitative estimate of drug-likeness (QED) is 0.713. The van der Waals surface area contributed by atoms with Crippen LogP contribution in [0.15, 0.2) is 12.7 Å². The van der Waals surface area contributed by atoms with E-state index in [1.165, 1.54) is 32.3 Å². The molecule has 8 heteroatoms. The van der Waals surface area contributed by atoms with Gasteiger partial charge in [0.15, 0.2) is 0 Å². The highest BCUT2D eigenvalue weighted by Crippen LogP contribution is 2.16. The van der Waals surface area contributed by atoms with E-state index in [9.17, 15) is 4.79 Å². The first-order valence-electron chi connectivity index (χ1n) is 4.96. The Balaban J connectivity index is 3.17. The largest absolute Gasteiger partial charge is 0.467 e. The van der Waals surface area contributed by atoms with Gasteiger partial charge in [0.1, 0.15) is 0 Å². The van der Waals surface area contributed by atoms with Crippen LogP contribution in [0.5, 0.6) is 12.0 Å². The average Bonchev–Trinajstić information content (AvgIpc) is 2.43. The molecule has 0 bridgehead atoms. The van der Waals surface area contributed by atoms with Crippen molar-refractivity contribution >= 4 is 12.0 Å². The summed E-state index contributed by atoms with van der Waals surface area (Å²) >= 11 is 0. The molecule has 0 saturated heterocycles. The number of nitrogens with zero attached hydrogens (tertiary/aromatic N) is 4. The van der Waals surface area contributed by atoms with E-state index in [2.05, 4.69) is 26.3 Å². The molecule has 8 nitrogen and oxygen atoms in total. The maximum absolute atomic E-state index is 11.6. The van der Waals surface area contributed by atoms with Gasteiger partial charge in [-0.2, -0.15) is 9.97 Å². The van der Waals surface area contributed by atoms with Crippen LogP contribution in [-0.2, 0) is 4.74 Å². The van der Waals surface area contributed by atoms with Crippen molar-refractivity contribution in [2.45, 2.75) is 0 Å². The van der Waals surface area contributed by atoms with E-state index in [1.807, 2.05) is 0 Å². The number of hydrogen-bond donors (Lipinski definition) is 0. The fraction of sp³-hybridized carbons (Fsp3) is 0.400. The van der Waals surface area contributed by atoms with Crippen LogP contribution in [0.3, 0.4) is 0 Å². The van der Waals surface area contributed by atoms with Gasteiger partial charge in [0.25, 0.3) is 0 Å². The van der Waals surface area contributed by atoms with Crippen LogP contribution >= 0.6 is 0 Å². The summed E-state index contributed by atoms with van der Waals surface area (Å²) in [4.78, 5) is 24.5. The van der Waals surface area contributed by atoms with Crippen LogP contribution in [0.2, 0.25) is 0 Å². The Morgan fingerprint density at radius 2 is 1.78 bits per heavy atom. The van der Waals surface area contributed by atoms with Crippen molar-refractivity contribution in [1.29, 1.82) is 0 Å². The van der Waals surface area contributed by atoms with Crippen LogP contribution in [0.4, 0.5) is 10.7 Å². The van der Waals surface area contributed by atoms with Crippen molar-refractivity contribution in [2.75, 3.05) is 32.8 Å². The predicted octanol–water partition coefficient (Wildman–Crippen LogP) is 0.648. The Hall–Kier alpha value is -2.38. The molecular formula is C10H14N4O4. The highest BCUT2D eigenvalue weighted by Gasteiger charge is 2.20. The lowest BCUT2D eigenvalue weighted by Gasteiger charge is -2.17. The van der Waals surface area contributed by atoms with Gasteiger partial charge in [-0.05, 0) is 0 Å². The molecule has 1 aromatic heterocycles. The summed E-state index contributed by atoms with van der Waals surface area (Å²) in [5.41, 5.74) is 0. The second kappa shape index (κ2) is 6.38. The van der Waals surface area contributed by atoms with Gasteiger partial charge < -0.3 is 14.2 Å². The smallest absolute Gasteiger partial charge is 0.416 e. The van der Waals surface area contributed by atoms with E-state index in [1.54, 1.807) is 0 Å². The van der Waals surface area contributed by atoms with Crippen LogP contribution in [0, 0.1) is 0 Å². The maximum atomic E-state index is 11.6. The highest BCUT2D eigenvalue weighted by atomic mass is 16.5. The lowest BCUT2D eigenvalue weighted by molar-refractivity contribution is 0.179. The number of methoxy groups -OCH3 is 3. The molecule has 98 valence electrons. The Labute approximate surface area is 104 Å². The fourth-order valence-corrected chi connectivity index (χ4v) is 1.11. The van der Waals surface area contributed by atoms with Crippen LogP contribution in [-0.4, -0.2) is 48.9 Å². The molecule has 0 aliphatic carbocycles. The van der Waals surface area contributed by atoms with E-state index in [0.29, 0.717) is 0 Å². The maximum Gasteiger partial charge on any atom is 0.416 e. The highest BCUT2D eigenvalue weighted by molar-refractivity contribution is 5.85. The van der Waals surface area contributed by atoms with Crippen molar-refractivity contribution in [3.63, 3.8) is 0 Å². The molecule has 0 atom stereocenters. The molecule has 0 unspecified atom stereocenters. The summed E-state index contributed by atoms with van der Waals surface area (Å²) in [5, 5.41) is 0. The first kappa shape index (κ1) is 13.7. The van der Waals surface area contributed by atoms with Gasteiger partial charge >= 0.3 is 18.1 Å². The molecule has 0 fully saturated rings. The lowest BCUT2D eigenvalue weighted by Crippen LogP contribution is -2.32. The average molecular weight is 254 g/mol. The summed E-state index contributed by atoms with van der Waals surface area (Å²) in [6.07, 6.45) is 0.893. The van der Waals surface area contributed by atoms with Crippen molar-refractivity contribution in [3.05, 3.63) is 12.7 Å². The number of hydrogen-bond acceptors (Lipinski definition) is 7. The number of amides is 1. The molecule has 1 heterocycles. The zero-order valence-corrected chi connectivity index (χ0v) is 10.4. The van der Waals surface area contributed by atoms with Crippen LogP contribution < -0.4 is 14.4 Å². The molecule has 18 heavy (non-hydrogen) atoms. The van der Waals surface area contributed by atoms with Crippen molar-refractivity contribution in [3.8, 4) is 12.0 Å². The SMILES string of the molecule is C=CCN(C(=O)OC)c1nc(OC)nc(OC)n1. The van der Waals surface area contributed by atoms with Gasteiger partial charge in [-0.15, -0.1) is 11.6 Å². The minimum absolute atomic E-state index is 0.0369. The monoisotopic (exact) mass is 254 g/mol. The number of carbonyl (C=O) groups is 1. The third kappa shape index (κ3) is 3.06. The molecule has 0 aromatic carbocycles. The standard InChI is InChI=1S/C10H14N4O4/c1-5-6-14(10(15)18-4)7-11-8(16-2)13-9(12-7)17-3/h5H,1,6H2,2-4H3. The normalized spacial score (nSPS) is 9.50. The van der Waals surface area contributed by atoms with Gasteiger partial charge in [-0.25, -0.2) is 9.69 Å². The van der Waals surface area contributed by atoms with Crippen LogP contribution in [0.25, 0.3) is 0 Å². The first-order valence-corrected chi connectivity index (χ1v) is 4.96. The molecule has 1 amide bonds. The third-order valence-electron chi connectivity index (χ3n) is 1.90. The van der Waals surface area contributed by atoms with Gasteiger partial charge in [-0.1, -0.05) is 6.08 Å². The second-order valence-corrected chi connectivity index (χ2v) is 2.98. The number of rotatable bonds is 5. The van der Waals surface area contributed by atoms with Gasteiger partial charge in [0, 0.05) is 0 Å². The number of anilines is 1. The number of aromatic nitrogens is 3. The fourth-order valence-electron chi connectivity index (χ4n) is 1.11. The first-order chi connectivity index (χ1) is 8.65. The molecule has 0 spiro atoms. The minimum Gasteiger partial charge on any atom is -0.467 e. The zero-order chi connectivity index (χ0) is 13.5. The Morgan fingerprint density at radius 1 is 1.22 bits per heavy atom. The van der Waals surface area contributed by atoms with Gasteiger partial charge in [0.2, 0.25) is 5.95 Å². The van der Waals surface area contributed by atoms with Crippen molar-refractivity contribution in [1.82, 2.24) is 15.0 Å². The molecule has 0 radical (unpaired) electrons. The molecule has 0 aliphatic heterocycles. The molecule has 1 aromatic rings. The summed E-state index contributed by atoms with van der Waals surface area (Å²) in [5.74, 6) is 0.0606. The van der Waals surface area contributed by atoms with Gasteiger partial charge in [-0.3, -0.25) is 0 Å². The third-order valence-corrected chi connectivity index (χ3v) is 1.90. The van der Waals surface area contributed by atoms with Gasteiger partial charge in [0.05, 0.1) is 27.9 Å². The van der Waals surface area contributed by atoms with E-state index in [4.69, 9.17) is 9.47 Å². The molecule has 0 saturated carbocycles. The van der Waals surface area contributed by atoms with E-state index < -0.39 is 6.09 Å². The number of ether oxygens (including phenoxy) is 3. The van der Waals surface area contributed by atoms with Crippen molar-refractivity contribution in [2.24, 2.45) is 0 Å². The Kier molecular flexibility index (Phi) is 4.85. The predicted molar refractivity (Wildman–Crippen MR) is 62.9 cm³/mol. The summed E-state index contributed by atoms with van der Waals surface area (Å²) in [7, 11) is 4.05. The minimum atomic E-state index is -0.620.